The Hall–Kier alpha value is -1.23. The van der Waals surface area contributed by atoms with E-state index in [1.54, 1.807) is 11.6 Å². The van der Waals surface area contributed by atoms with Crippen molar-refractivity contribution in [2.45, 2.75) is 6.61 Å². The van der Waals surface area contributed by atoms with Gasteiger partial charge in [-0.3, -0.25) is 0 Å². The molecule has 1 aromatic rings. The maximum atomic E-state index is 9.96. The van der Waals surface area contributed by atoms with Gasteiger partial charge in [-0.15, -0.1) is 4.91 Å². The molecule has 1 aromatic heterocycles. The molecule has 1 N–H and O–H groups in total. The third-order valence-corrected chi connectivity index (χ3v) is 1.27. The van der Waals surface area contributed by atoms with Crippen LogP contribution in [0.3, 0.4) is 0 Å². The maximum Gasteiger partial charge on any atom is 0.220 e. The van der Waals surface area contributed by atoms with Gasteiger partial charge in [0.25, 0.3) is 0 Å². The van der Waals surface area contributed by atoms with E-state index in [0.29, 0.717) is 5.69 Å². The summed E-state index contributed by atoms with van der Waals surface area (Å²) in [5.41, 5.74) is 0.440. The summed E-state index contributed by atoms with van der Waals surface area (Å²) in [7, 11) is 1.69. The zero-order valence-corrected chi connectivity index (χ0v) is 5.48. The van der Waals surface area contributed by atoms with Crippen molar-refractivity contribution in [2.75, 3.05) is 0 Å². The number of rotatable bonds is 2. The quantitative estimate of drug-likeness (QED) is 0.602. The minimum atomic E-state index is -0.211. The van der Waals surface area contributed by atoms with Gasteiger partial charge in [-0.25, -0.2) is 4.98 Å². The number of nitrogens with zero attached hydrogens (tertiary/aromatic N) is 3. The number of aliphatic hydroxyl groups excluding tert-OH is 1. The lowest BCUT2D eigenvalue weighted by atomic mass is 10.4. The highest BCUT2D eigenvalue weighted by Crippen LogP contribution is 2.14. The molecule has 0 spiro atoms. The molecule has 0 aliphatic carbocycles. The summed E-state index contributed by atoms with van der Waals surface area (Å²) < 4.78 is 1.55. The van der Waals surface area contributed by atoms with Crippen LogP contribution in [0.2, 0.25) is 0 Å². The first-order valence-electron chi connectivity index (χ1n) is 2.74. The largest absolute Gasteiger partial charge is 0.390 e. The van der Waals surface area contributed by atoms with Crippen molar-refractivity contribution in [1.82, 2.24) is 9.55 Å². The van der Waals surface area contributed by atoms with Crippen molar-refractivity contribution in [1.29, 1.82) is 0 Å². The molecule has 0 aromatic carbocycles. The number of aromatic nitrogens is 2. The van der Waals surface area contributed by atoms with Crippen LogP contribution in [0.4, 0.5) is 5.82 Å². The number of aliphatic hydroxyl groups is 1. The molecule has 0 unspecified atom stereocenters. The monoisotopic (exact) mass is 141 g/mol. The lowest BCUT2D eigenvalue weighted by molar-refractivity contribution is 0.273. The summed E-state index contributed by atoms with van der Waals surface area (Å²) >= 11 is 0. The molecule has 5 heteroatoms. The standard InChI is InChI=1S/C5H7N3O2/c1-8-3-6-5(7-10)4(8)2-9/h3,9H,2H2,1H3. The van der Waals surface area contributed by atoms with Crippen LogP contribution in [0.25, 0.3) is 0 Å². The molecule has 54 valence electrons. The smallest absolute Gasteiger partial charge is 0.220 e. The average Bonchev–Trinajstić information content (AvgIpc) is 2.30. The van der Waals surface area contributed by atoms with Crippen LogP contribution in [0.1, 0.15) is 5.69 Å². The van der Waals surface area contributed by atoms with E-state index in [-0.39, 0.29) is 12.4 Å². The first kappa shape index (κ1) is 6.88. The van der Waals surface area contributed by atoms with Gasteiger partial charge in [0.1, 0.15) is 0 Å². The third kappa shape index (κ3) is 0.906. The van der Waals surface area contributed by atoms with Crippen molar-refractivity contribution in [3.05, 3.63) is 16.9 Å². The molecule has 5 nitrogen and oxygen atoms in total. The van der Waals surface area contributed by atoms with Gasteiger partial charge in [0, 0.05) is 7.05 Å². The van der Waals surface area contributed by atoms with E-state index in [1.807, 2.05) is 0 Å². The van der Waals surface area contributed by atoms with Crippen molar-refractivity contribution < 1.29 is 5.11 Å². The van der Waals surface area contributed by atoms with Crippen LogP contribution >= 0.6 is 0 Å². The average molecular weight is 141 g/mol. The second-order valence-corrected chi connectivity index (χ2v) is 1.88. The van der Waals surface area contributed by atoms with Crippen LogP contribution < -0.4 is 0 Å². The fourth-order valence-electron chi connectivity index (χ4n) is 0.702. The highest BCUT2D eigenvalue weighted by atomic mass is 16.3. The van der Waals surface area contributed by atoms with E-state index in [2.05, 4.69) is 10.2 Å². The van der Waals surface area contributed by atoms with Gasteiger partial charge in [0.05, 0.1) is 18.6 Å². The highest BCUT2D eigenvalue weighted by Gasteiger charge is 2.06. The summed E-state index contributed by atoms with van der Waals surface area (Å²) in [6, 6.07) is 0. The van der Waals surface area contributed by atoms with Crippen molar-refractivity contribution in [3.63, 3.8) is 0 Å². The van der Waals surface area contributed by atoms with Gasteiger partial charge >= 0.3 is 0 Å². The Labute approximate surface area is 57.3 Å². The van der Waals surface area contributed by atoms with Crippen molar-refractivity contribution >= 4 is 5.82 Å². The summed E-state index contributed by atoms with van der Waals surface area (Å²) in [5, 5.41) is 11.3. The Morgan fingerprint density at radius 1 is 1.90 bits per heavy atom. The molecule has 10 heavy (non-hydrogen) atoms. The zero-order chi connectivity index (χ0) is 7.56. The van der Waals surface area contributed by atoms with E-state index in [0.717, 1.165) is 0 Å². The van der Waals surface area contributed by atoms with Crippen LogP contribution in [0.5, 0.6) is 0 Å². The Kier molecular flexibility index (Phi) is 1.77. The second-order valence-electron chi connectivity index (χ2n) is 1.88. The molecule has 0 aliphatic rings. The van der Waals surface area contributed by atoms with Crippen LogP contribution in [0, 0.1) is 4.91 Å². The maximum absolute atomic E-state index is 9.96. The normalized spacial score (nSPS) is 9.80. The van der Waals surface area contributed by atoms with E-state index in [4.69, 9.17) is 5.11 Å². The molecule has 0 bridgehead atoms. The molecule has 1 heterocycles. The fraction of sp³-hybridized carbons (Fsp3) is 0.400. The lowest BCUT2D eigenvalue weighted by Crippen LogP contribution is -1.93. The second kappa shape index (κ2) is 2.57. The molecule has 0 aliphatic heterocycles. The lowest BCUT2D eigenvalue weighted by Gasteiger charge is -1.94. The van der Waals surface area contributed by atoms with Crippen LogP contribution in [-0.4, -0.2) is 14.7 Å². The Balaban J connectivity index is 3.12. The van der Waals surface area contributed by atoms with Crippen LogP contribution in [-0.2, 0) is 13.7 Å². The van der Waals surface area contributed by atoms with Gasteiger partial charge in [-0.2, -0.15) is 0 Å². The van der Waals surface area contributed by atoms with Gasteiger partial charge in [-0.1, -0.05) is 0 Å². The number of hydrogen-bond acceptors (Lipinski definition) is 4. The molecule has 0 radical (unpaired) electrons. The first-order chi connectivity index (χ1) is 4.79. The first-order valence-corrected chi connectivity index (χ1v) is 2.74. The van der Waals surface area contributed by atoms with Gasteiger partial charge in [0.2, 0.25) is 5.82 Å². The molecule has 0 amide bonds. The number of aryl methyl sites for hydroxylation is 1. The molecule has 0 saturated heterocycles. The van der Waals surface area contributed by atoms with Gasteiger partial charge in [0.15, 0.2) is 0 Å². The summed E-state index contributed by atoms with van der Waals surface area (Å²) in [4.78, 5) is 13.6. The van der Waals surface area contributed by atoms with Crippen molar-refractivity contribution in [3.8, 4) is 0 Å². The van der Waals surface area contributed by atoms with E-state index in [9.17, 15) is 4.91 Å². The molecule has 0 saturated carbocycles. The topological polar surface area (TPSA) is 67.5 Å². The third-order valence-electron chi connectivity index (χ3n) is 1.27. The minimum Gasteiger partial charge on any atom is -0.390 e. The van der Waals surface area contributed by atoms with Gasteiger partial charge in [-0.05, 0) is 5.18 Å². The van der Waals surface area contributed by atoms with Crippen molar-refractivity contribution in [2.24, 2.45) is 12.2 Å². The number of hydrogen-bond donors (Lipinski definition) is 1. The highest BCUT2D eigenvalue weighted by molar-refractivity contribution is 5.32. The fourth-order valence-corrected chi connectivity index (χ4v) is 0.702. The number of imidazole rings is 1. The van der Waals surface area contributed by atoms with Gasteiger partial charge < -0.3 is 9.67 Å². The molecule has 0 atom stereocenters. The van der Waals surface area contributed by atoms with E-state index in [1.165, 1.54) is 6.33 Å². The Morgan fingerprint density at radius 2 is 2.60 bits per heavy atom. The zero-order valence-electron chi connectivity index (χ0n) is 5.48. The van der Waals surface area contributed by atoms with E-state index < -0.39 is 0 Å². The minimum absolute atomic E-state index is 0.0602. The molecule has 1 rings (SSSR count). The number of nitroso groups, excluding NO2 is 1. The summed E-state index contributed by atoms with van der Waals surface area (Å²) in [6.45, 7) is -0.211. The SMILES string of the molecule is Cn1cnc(N=O)c1CO. The predicted octanol–water partition coefficient (Wildman–Crippen LogP) is 0.310. The summed E-state index contributed by atoms with van der Waals surface area (Å²) in [5.74, 6) is 0.0602. The molecule has 0 fully saturated rings. The van der Waals surface area contributed by atoms with E-state index >= 15 is 0 Å². The summed E-state index contributed by atoms with van der Waals surface area (Å²) in [6.07, 6.45) is 1.43. The Morgan fingerprint density at radius 3 is 3.00 bits per heavy atom. The molecular formula is C5H7N3O2. The van der Waals surface area contributed by atoms with Crippen LogP contribution in [0.15, 0.2) is 11.5 Å². The predicted molar refractivity (Wildman–Crippen MR) is 34.6 cm³/mol. The Bertz CT molecular complexity index is 243. The molecular weight excluding hydrogens is 134 g/mol.